The van der Waals surface area contributed by atoms with E-state index in [4.69, 9.17) is 5.73 Å². The average molecular weight is 266 g/mol. The minimum Gasteiger partial charge on any atom is -0.396 e. The molecule has 0 saturated carbocycles. The van der Waals surface area contributed by atoms with Crippen molar-refractivity contribution in [2.45, 2.75) is 13.3 Å². The van der Waals surface area contributed by atoms with Gasteiger partial charge in [-0.15, -0.1) is 5.10 Å². The molecule has 2 aromatic rings. The standard InChI is InChI=1S/C11H11FN4OS/c1-2-9-10(18-16-15-9)11(17)14-6-3-4-8(13)7(12)5-6/h3-5H,2,13H2,1H3,(H,14,17). The molecule has 3 N–H and O–H groups in total. The summed E-state index contributed by atoms with van der Waals surface area (Å²) in [6.45, 7) is 1.89. The van der Waals surface area contributed by atoms with Crippen LogP contribution in [0, 0.1) is 5.82 Å². The fourth-order valence-corrected chi connectivity index (χ4v) is 2.05. The van der Waals surface area contributed by atoms with Crippen LogP contribution in [0.25, 0.3) is 0 Å². The molecular weight excluding hydrogens is 255 g/mol. The zero-order chi connectivity index (χ0) is 13.1. The van der Waals surface area contributed by atoms with Crippen LogP contribution in [0.4, 0.5) is 15.8 Å². The first kappa shape index (κ1) is 12.4. The molecule has 1 amide bonds. The third kappa shape index (κ3) is 2.45. The first-order valence-electron chi connectivity index (χ1n) is 5.29. The summed E-state index contributed by atoms with van der Waals surface area (Å²) in [4.78, 5) is 12.4. The van der Waals surface area contributed by atoms with Gasteiger partial charge in [0.25, 0.3) is 5.91 Å². The fourth-order valence-electron chi connectivity index (χ4n) is 1.41. The number of anilines is 2. The fraction of sp³-hybridized carbons (Fsp3) is 0.182. The Hall–Kier alpha value is -2.02. The van der Waals surface area contributed by atoms with E-state index in [2.05, 4.69) is 14.9 Å². The minimum atomic E-state index is -0.564. The van der Waals surface area contributed by atoms with Gasteiger partial charge in [0.05, 0.1) is 11.4 Å². The highest BCUT2D eigenvalue weighted by Crippen LogP contribution is 2.18. The normalized spacial score (nSPS) is 10.3. The molecule has 0 bridgehead atoms. The number of hydrogen-bond donors (Lipinski definition) is 2. The third-order valence-corrected chi connectivity index (χ3v) is 3.12. The van der Waals surface area contributed by atoms with Crippen molar-refractivity contribution in [1.29, 1.82) is 0 Å². The van der Waals surface area contributed by atoms with Gasteiger partial charge in [-0.1, -0.05) is 11.4 Å². The molecule has 0 aliphatic carbocycles. The zero-order valence-electron chi connectivity index (χ0n) is 9.61. The number of nitrogen functional groups attached to an aromatic ring is 1. The SMILES string of the molecule is CCc1nnsc1C(=O)Nc1ccc(N)c(F)c1. The largest absolute Gasteiger partial charge is 0.396 e. The number of rotatable bonds is 3. The van der Waals surface area contributed by atoms with Gasteiger partial charge in [0.2, 0.25) is 0 Å². The van der Waals surface area contributed by atoms with Crippen molar-refractivity contribution in [3.63, 3.8) is 0 Å². The Kier molecular flexibility index (Phi) is 3.52. The van der Waals surface area contributed by atoms with Gasteiger partial charge >= 0.3 is 0 Å². The number of nitrogens with zero attached hydrogens (tertiary/aromatic N) is 2. The molecule has 1 heterocycles. The summed E-state index contributed by atoms with van der Waals surface area (Å²) >= 11 is 1.02. The van der Waals surface area contributed by atoms with E-state index in [0.717, 1.165) is 11.5 Å². The second kappa shape index (κ2) is 5.09. The lowest BCUT2D eigenvalue weighted by atomic mass is 10.2. The topological polar surface area (TPSA) is 80.9 Å². The van der Waals surface area contributed by atoms with Gasteiger partial charge < -0.3 is 11.1 Å². The monoisotopic (exact) mass is 266 g/mol. The van der Waals surface area contributed by atoms with Crippen molar-refractivity contribution in [2.75, 3.05) is 11.1 Å². The van der Waals surface area contributed by atoms with E-state index in [-0.39, 0.29) is 11.6 Å². The van der Waals surface area contributed by atoms with E-state index in [1.807, 2.05) is 6.92 Å². The lowest BCUT2D eigenvalue weighted by Gasteiger charge is -2.05. The van der Waals surface area contributed by atoms with Gasteiger partial charge in [-0.3, -0.25) is 4.79 Å². The van der Waals surface area contributed by atoms with Gasteiger partial charge in [-0.25, -0.2) is 4.39 Å². The number of amides is 1. The summed E-state index contributed by atoms with van der Waals surface area (Å²) in [5.74, 6) is -0.906. The Morgan fingerprint density at radius 1 is 1.56 bits per heavy atom. The van der Waals surface area contributed by atoms with Crippen molar-refractivity contribution in [3.8, 4) is 0 Å². The van der Waals surface area contributed by atoms with Crippen LogP contribution in [0.1, 0.15) is 22.3 Å². The molecule has 0 fully saturated rings. The second-order valence-electron chi connectivity index (χ2n) is 3.59. The van der Waals surface area contributed by atoms with Gasteiger partial charge in [0.1, 0.15) is 10.7 Å². The van der Waals surface area contributed by atoms with Crippen molar-refractivity contribution in [1.82, 2.24) is 9.59 Å². The number of aromatic nitrogens is 2. The molecule has 1 aromatic heterocycles. The van der Waals surface area contributed by atoms with E-state index >= 15 is 0 Å². The Bertz CT molecular complexity index is 584. The molecule has 7 heteroatoms. The first-order valence-corrected chi connectivity index (χ1v) is 6.06. The Morgan fingerprint density at radius 3 is 3.00 bits per heavy atom. The molecule has 0 spiro atoms. The maximum Gasteiger partial charge on any atom is 0.269 e. The third-order valence-electron chi connectivity index (χ3n) is 2.36. The van der Waals surface area contributed by atoms with Crippen LogP contribution < -0.4 is 11.1 Å². The molecule has 94 valence electrons. The smallest absolute Gasteiger partial charge is 0.269 e. The molecular formula is C11H11FN4OS. The molecule has 0 saturated heterocycles. The predicted octanol–water partition coefficient (Wildman–Crippen LogP) is 2.07. The van der Waals surface area contributed by atoms with Crippen LogP contribution in [0.2, 0.25) is 0 Å². The quantitative estimate of drug-likeness (QED) is 0.833. The van der Waals surface area contributed by atoms with Crippen LogP contribution in [0.5, 0.6) is 0 Å². The highest BCUT2D eigenvalue weighted by Gasteiger charge is 2.15. The van der Waals surface area contributed by atoms with Gasteiger partial charge in [-0.2, -0.15) is 0 Å². The van der Waals surface area contributed by atoms with Crippen LogP contribution in [-0.2, 0) is 6.42 Å². The molecule has 18 heavy (non-hydrogen) atoms. The number of carbonyl (C=O) groups excluding carboxylic acids is 1. The molecule has 0 aliphatic heterocycles. The van der Waals surface area contributed by atoms with E-state index in [1.165, 1.54) is 18.2 Å². The highest BCUT2D eigenvalue weighted by atomic mass is 32.1. The van der Waals surface area contributed by atoms with E-state index in [9.17, 15) is 9.18 Å². The number of aryl methyl sites for hydroxylation is 1. The minimum absolute atomic E-state index is 0.0432. The summed E-state index contributed by atoms with van der Waals surface area (Å²) in [6, 6.07) is 4.11. The van der Waals surface area contributed by atoms with Gasteiger partial charge in [0.15, 0.2) is 0 Å². The number of benzene rings is 1. The number of nitrogens with two attached hydrogens (primary N) is 1. The summed E-state index contributed by atoms with van der Waals surface area (Å²) in [5.41, 5.74) is 6.38. The molecule has 0 atom stereocenters. The van der Waals surface area contributed by atoms with Crippen molar-refractivity contribution in [3.05, 3.63) is 34.6 Å². The zero-order valence-corrected chi connectivity index (χ0v) is 10.4. The molecule has 5 nitrogen and oxygen atoms in total. The first-order chi connectivity index (χ1) is 8.61. The summed E-state index contributed by atoms with van der Waals surface area (Å²) in [7, 11) is 0. The number of nitrogens with one attached hydrogen (secondary N) is 1. The van der Waals surface area contributed by atoms with Crippen molar-refractivity contribution < 1.29 is 9.18 Å². The molecule has 1 aromatic carbocycles. The number of carbonyl (C=O) groups is 1. The van der Waals surface area contributed by atoms with E-state index < -0.39 is 5.82 Å². The summed E-state index contributed by atoms with van der Waals surface area (Å²) < 4.78 is 16.9. The van der Waals surface area contributed by atoms with Crippen LogP contribution in [0.3, 0.4) is 0 Å². The van der Waals surface area contributed by atoms with Crippen molar-refractivity contribution in [2.24, 2.45) is 0 Å². The lowest BCUT2D eigenvalue weighted by Crippen LogP contribution is -2.12. The van der Waals surface area contributed by atoms with Crippen LogP contribution >= 0.6 is 11.5 Å². The molecule has 0 unspecified atom stereocenters. The maximum atomic E-state index is 13.2. The molecule has 2 rings (SSSR count). The van der Waals surface area contributed by atoms with Gasteiger partial charge in [0, 0.05) is 5.69 Å². The lowest BCUT2D eigenvalue weighted by molar-refractivity contribution is 0.102. The highest BCUT2D eigenvalue weighted by molar-refractivity contribution is 7.08. The molecule has 0 radical (unpaired) electrons. The van der Waals surface area contributed by atoms with Crippen LogP contribution in [-0.4, -0.2) is 15.5 Å². The second-order valence-corrected chi connectivity index (χ2v) is 4.35. The summed E-state index contributed by atoms with van der Waals surface area (Å²) in [6.07, 6.45) is 0.620. The summed E-state index contributed by atoms with van der Waals surface area (Å²) in [5, 5.41) is 6.43. The molecule has 0 aliphatic rings. The Labute approximate surface area is 107 Å². The Morgan fingerprint density at radius 2 is 2.33 bits per heavy atom. The average Bonchev–Trinajstić information content (AvgIpc) is 2.82. The number of hydrogen-bond acceptors (Lipinski definition) is 5. The van der Waals surface area contributed by atoms with E-state index in [0.29, 0.717) is 22.7 Å². The van der Waals surface area contributed by atoms with E-state index in [1.54, 1.807) is 0 Å². The van der Waals surface area contributed by atoms with Gasteiger partial charge in [-0.05, 0) is 36.2 Å². The van der Waals surface area contributed by atoms with Crippen molar-refractivity contribution >= 4 is 28.8 Å². The maximum absolute atomic E-state index is 13.2. The number of halogens is 1. The van der Waals surface area contributed by atoms with Crippen LogP contribution in [0.15, 0.2) is 18.2 Å². The Balaban J connectivity index is 2.19. The predicted molar refractivity (Wildman–Crippen MR) is 68.1 cm³/mol.